The van der Waals surface area contributed by atoms with E-state index in [9.17, 15) is 9.59 Å². The third-order valence-corrected chi connectivity index (χ3v) is 3.74. The number of carbonyl (C=O) groups excluding carboxylic acids is 2. The molecule has 0 aliphatic heterocycles. The molecule has 2 rings (SSSR count). The summed E-state index contributed by atoms with van der Waals surface area (Å²) in [6, 6.07) is 14.2. The van der Waals surface area contributed by atoms with E-state index < -0.39 is 5.92 Å². The van der Waals surface area contributed by atoms with E-state index in [1.165, 1.54) is 7.11 Å². The van der Waals surface area contributed by atoms with Crippen molar-refractivity contribution in [1.82, 2.24) is 0 Å². The van der Waals surface area contributed by atoms with E-state index >= 15 is 0 Å². The summed E-state index contributed by atoms with van der Waals surface area (Å²) < 4.78 is 6.26. The molecule has 102 valence electrons. The molecular weight excluding hydrogens is 367 g/mol. The van der Waals surface area contributed by atoms with E-state index in [0.717, 1.165) is 3.57 Å². The molecule has 0 amide bonds. The summed E-state index contributed by atoms with van der Waals surface area (Å²) in [5.41, 5.74) is 1.11. The molecule has 0 radical (unpaired) electrons. The molecule has 3 nitrogen and oxygen atoms in total. The smallest absolute Gasteiger partial charge is 0.177 e. The van der Waals surface area contributed by atoms with Gasteiger partial charge in [-0.3, -0.25) is 4.79 Å². The molecule has 2 aromatic rings. The Morgan fingerprint density at radius 2 is 1.80 bits per heavy atom. The van der Waals surface area contributed by atoms with Crippen LogP contribution in [0.1, 0.15) is 21.8 Å². The minimum atomic E-state index is -0.841. The number of ether oxygens (including phenoxy) is 1. The maximum absolute atomic E-state index is 12.5. The van der Waals surface area contributed by atoms with Crippen LogP contribution in [-0.4, -0.2) is 19.2 Å². The first-order chi connectivity index (χ1) is 9.67. The molecule has 0 aromatic heterocycles. The quantitative estimate of drug-likeness (QED) is 0.345. The molecule has 0 bridgehead atoms. The van der Waals surface area contributed by atoms with Crippen molar-refractivity contribution >= 4 is 34.7 Å². The maximum Gasteiger partial charge on any atom is 0.177 e. The summed E-state index contributed by atoms with van der Waals surface area (Å²) in [6.07, 6.45) is 0.665. The van der Waals surface area contributed by atoms with Crippen LogP contribution in [0.5, 0.6) is 5.75 Å². The second kappa shape index (κ2) is 6.65. The number of para-hydroxylation sites is 1. The van der Waals surface area contributed by atoms with E-state index in [-0.39, 0.29) is 5.78 Å². The Kier molecular flexibility index (Phi) is 4.89. The molecule has 0 saturated heterocycles. The molecule has 0 N–H and O–H groups in total. The van der Waals surface area contributed by atoms with Gasteiger partial charge in [0.25, 0.3) is 0 Å². The van der Waals surface area contributed by atoms with E-state index in [2.05, 4.69) is 22.6 Å². The molecule has 0 spiro atoms. The van der Waals surface area contributed by atoms with Gasteiger partial charge in [0.15, 0.2) is 5.78 Å². The highest BCUT2D eigenvalue weighted by Gasteiger charge is 2.24. The molecule has 0 aliphatic rings. The van der Waals surface area contributed by atoms with Gasteiger partial charge in [-0.2, -0.15) is 0 Å². The normalized spacial score (nSPS) is 11.7. The van der Waals surface area contributed by atoms with Gasteiger partial charge < -0.3 is 9.53 Å². The standard InChI is InChI=1S/C16H13IO3/c1-20-15-5-3-2-4-13(15)14(10-18)16(19)11-6-8-12(17)9-7-11/h2-10,14H,1H3. The Bertz CT molecular complexity index is 620. The molecular formula is C16H13IO3. The number of hydrogen-bond donors (Lipinski definition) is 0. The minimum Gasteiger partial charge on any atom is -0.496 e. The summed E-state index contributed by atoms with van der Waals surface area (Å²) in [5, 5.41) is 0. The number of methoxy groups -OCH3 is 1. The van der Waals surface area contributed by atoms with Crippen molar-refractivity contribution in [2.24, 2.45) is 0 Å². The number of halogens is 1. The average molecular weight is 380 g/mol. The highest BCUT2D eigenvalue weighted by molar-refractivity contribution is 14.1. The minimum absolute atomic E-state index is 0.221. The molecule has 0 heterocycles. The van der Waals surface area contributed by atoms with Gasteiger partial charge >= 0.3 is 0 Å². The molecule has 1 atom stereocenters. The third-order valence-electron chi connectivity index (χ3n) is 3.02. The Labute approximate surface area is 131 Å². The molecule has 4 heteroatoms. The summed E-state index contributed by atoms with van der Waals surface area (Å²) in [6.45, 7) is 0. The fourth-order valence-electron chi connectivity index (χ4n) is 1.99. The van der Waals surface area contributed by atoms with Crippen LogP contribution in [0.3, 0.4) is 0 Å². The molecule has 0 saturated carbocycles. The topological polar surface area (TPSA) is 43.4 Å². The van der Waals surface area contributed by atoms with E-state index in [1.807, 2.05) is 12.1 Å². The van der Waals surface area contributed by atoms with Crippen LogP contribution in [0, 0.1) is 3.57 Å². The van der Waals surface area contributed by atoms with Gasteiger partial charge in [-0.1, -0.05) is 30.3 Å². The van der Waals surface area contributed by atoms with Crippen molar-refractivity contribution in [2.75, 3.05) is 7.11 Å². The number of ketones is 1. The van der Waals surface area contributed by atoms with Crippen molar-refractivity contribution in [2.45, 2.75) is 5.92 Å². The lowest BCUT2D eigenvalue weighted by molar-refractivity contribution is -0.108. The lowest BCUT2D eigenvalue weighted by Crippen LogP contribution is -2.15. The largest absolute Gasteiger partial charge is 0.496 e. The SMILES string of the molecule is COc1ccccc1C(C=O)C(=O)c1ccc(I)cc1. The first-order valence-electron chi connectivity index (χ1n) is 6.05. The van der Waals surface area contributed by atoms with Crippen LogP contribution in [0.25, 0.3) is 0 Å². The second-order valence-electron chi connectivity index (χ2n) is 4.23. The number of rotatable bonds is 5. The fourth-order valence-corrected chi connectivity index (χ4v) is 2.35. The summed E-state index contributed by atoms with van der Waals surface area (Å²) in [7, 11) is 1.52. The Morgan fingerprint density at radius 1 is 1.15 bits per heavy atom. The highest BCUT2D eigenvalue weighted by atomic mass is 127. The first-order valence-corrected chi connectivity index (χ1v) is 7.13. The third kappa shape index (κ3) is 3.07. The number of carbonyl (C=O) groups is 2. The Morgan fingerprint density at radius 3 is 2.40 bits per heavy atom. The van der Waals surface area contributed by atoms with Crippen LogP contribution < -0.4 is 4.74 Å². The number of hydrogen-bond acceptors (Lipinski definition) is 3. The fraction of sp³-hybridized carbons (Fsp3) is 0.125. The monoisotopic (exact) mass is 380 g/mol. The number of aldehydes is 1. The molecule has 20 heavy (non-hydrogen) atoms. The van der Waals surface area contributed by atoms with Crippen LogP contribution in [0.4, 0.5) is 0 Å². The summed E-state index contributed by atoms with van der Waals surface area (Å²) in [5.74, 6) is -0.518. The Hall–Kier alpha value is -1.69. The van der Waals surface area contributed by atoms with Gasteiger partial charge in [0.05, 0.1) is 7.11 Å². The van der Waals surface area contributed by atoms with Crippen molar-refractivity contribution in [3.05, 3.63) is 63.2 Å². The summed E-state index contributed by atoms with van der Waals surface area (Å²) >= 11 is 2.17. The number of Topliss-reactive ketones (excluding diaryl/α,β-unsaturated/α-hetero) is 1. The Balaban J connectivity index is 2.39. The van der Waals surface area contributed by atoms with Gasteiger partial charge in [-0.05, 0) is 40.8 Å². The van der Waals surface area contributed by atoms with Gasteiger partial charge in [0, 0.05) is 14.7 Å². The van der Waals surface area contributed by atoms with Gasteiger partial charge in [-0.15, -0.1) is 0 Å². The van der Waals surface area contributed by atoms with Gasteiger partial charge in [0.2, 0.25) is 0 Å². The van der Waals surface area contributed by atoms with Crippen molar-refractivity contribution in [1.29, 1.82) is 0 Å². The predicted molar refractivity (Wildman–Crippen MR) is 85.3 cm³/mol. The molecule has 0 aliphatic carbocycles. The lowest BCUT2D eigenvalue weighted by Gasteiger charge is -2.13. The van der Waals surface area contributed by atoms with Crippen molar-refractivity contribution in [3.8, 4) is 5.75 Å². The summed E-state index contributed by atoms with van der Waals surface area (Å²) in [4.78, 5) is 23.8. The van der Waals surface area contributed by atoms with Gasteiger partial charge in [-0.25, -0.2) is 0 Å². The zero-order chi connectivity index (χ0) is 14.5. The average Bonchev–Trinajstić information content (AvgIpc) is 2.49. The predicted octanol–water partition coefficient (Wildman–Crippen LogP) is 3.47. The van der Waals surface area contributed by atoms with Crippen LogP contribution in [0.15, 0.2) is 48.5 Å². The van der Waals surface area contributed by atoms with Crippen molar-refractivity contribution in [3.63, 3.8) is 0 Å². The molecule has 1 unspecified atom stereocenters. The van der Waals surface area contributed by atoms with E-state index in [4.69, 9.17) is 4.74 Å². The highest BCUT2D eigenvalue weighted by Crippen LogP contribution is 2.28. The maximum atomic E-state index is 12.5. The van der Waals surface area contributed by atoms with Crippen LogP contribution >= 0.6 is 22.6 Å². The van der Waals surface area contributed by atoms with Gasteiger partial charge in [0.1, 0.15) is 18.0 Å². The van der Waals surface area contributed by atoms with E-state index in [0.29, 0.717) is 23.2 Å². The van der Waals surface area contributed by atoms with Crippen molar-refractivity contribution < 1.29 is 14.3 Å². The molecule has 0 fully saturated rings. The number of benzene rings is 2. The molecule has 2 aromatic carbocycles. The lowest BCUT2D eigenvalue weighted by atomic mass is 9.91. The zero-order valence-electron chi connectivity index (χ0n) is 10.9. The van der Waals surface area contributed by atoms with Crippen LogP contribution in [-0.2, 0) is 4.79 Å². The first kappa shape index (κ1) is 14.7. The zero-order valence-corrected chi connectivity index (χ0v) is 13.0. The second-order valence-corrected chi connectivity index (χ2v) is 5.47. The van der Waals surface area contributed by atoms with E-state index in [1.54, 1.807) is 36.4 Å². The van der Waals surface area contributed by atoms with Crippen LogP contribution in [0.2, 0.25) is 0 Å².